The van der Waals surface area contributed by atoms with Gasteiger partial charge in [-0.1, -0.05) is 13.3 Å². The molecule has 11 nitrogen and oxygen atoms in total. The molecule has 2 atom stereocenters. The average Bonchev–Trinajstić information content (AvgIpc) is 3.37. The molecule has 3 aromatic heterocycles. The summed E-state index contributed by atoms with van der Waals surface area (Å²) in [6.45, 7) is 10.1. The molecule has 44 heavy (non-hydrogen) atoms. The minimum absolute atomic E-state index is 0.105. The first-order chi connectivity index (χ1) is 21.2. The van der Waals surface area contributed by atoms with Crippen molar-refractivity contribution in [2.24, 2.45) is 0 Å². The monoisotopic (exact) mass is 606 g/mol. The van der Waals surface area contributed by atoms with Gasteiger partial charge in [-0.3, -0.25) is 9.69 Å². The van der Waals surface area contributed by atoms with Gasteiger partial charge < -0.3 is 28.8 Å². The number of hydrogen-bond acceptors (Lipinski definition) is 8. The van der Waals surface area contributed by atoms with Crippen LogP contribution in [0.5, 0.6) is 5.88 Å². The van der Waals surface area contributed by atoms with Crippen molar-refractivity contribution in [3.05, 3.63) is 59.8 Å². The number of nitrogens with one attached hydrogen (secondary N) is 1. The van der Waals surface area contributed by atoms with Crippen molar-refractivity contribution < 1.29 is 28.2 Å². The van der Waals surface area contributed by atoms with Crippen LogP contribution in [0.2, 0.25) is 0 Å². The number of nitrogens with zero attached hydrogens (tertiary/aromatic N) is 5. The summed E-state index contributed by atoms with van der Waals surface area (Å²) in [6.07, 6.45) is 4.80. The topological polar surface area (TPSA) is 111 Å². The number of aromatic nitrogens is 3. The number of halogens is 1. The largest absolute Gasteiger partial charge is 0.475 e. The lowest BCUT2D eigenvalue weighted by molar-refractivity contribution is 0.0655. The highest BCUT2D eigenvalue weighted by Gasteiger charge is 2.35. The number of rotatable bonds is 10. The van der Waals surface area contributed by atoms with E-state index in [1.54, 1.807) is 47.9 Å². The first-order valence-corrected chi connectivity index (χ1v) is 14.9. The number of ether oxygens (including phenoxy) is 3. The number of benzene rings is 1. The van der Waals surface area contributed by atoms with Crippen LogP contribution >= 0.6 is 0 Å². The van der Waals surface area contributed by atoms with Crippen LogP contribution in [0.3, 0.4) is 0 Å². The second kappa shape index (κ2) is 13.5. The molecule has 1 saturated heterocycles. The molecule has 234 valence electrons. The minimum atomic E-state index is -0.542. The number of carbonyl (C=O) groups excluding carboxylic acids is 2. The van der Waals surface area contributed by atoms with Crippen molar-refractivity contribution >= 4 is 39.9 Å². The minimum Gasteiger partial charge on any atom is -0.475 e. The summed E-state index contributed by atoms with van der Waals surface area (Å²) >= 11 is 0. The molecule has 12 heteroatoms. The Hall–Kier alpha value is -4.45. The molecule has 2 amide bonds. The van der Waals surface area contributed by atoms with Crippen LogP contribution in [0, 0.1) is 12.7 Å². The summed E-state index contributed by atoms with van der Waals surface area (Å²) in [5, 5.41) is 3.57. The highest BCUT2D eigenvalue weighted by molar-refractivity contribution is 6.14. The Morgan fingerprint density at radius 1 is 1.05 bits per heavy atom. The van der Waals surface area contributed by atoms with Crippen molar-refractivity contribution in [1.29, 1.82) is 0 Å². The summed E-state index contributed by atoms with van der Waals surface area (Å²) in [7, 11) is 1.59. The SMILES string of the molecule is CCCCOC(=O)N1[C@H](C)CN(c2ccc(C(=O)Nc3cc(F)c4nc(C)cn4c3)c3nc(OCCOC)ccc23)C[C@@H]1C. The zero-order chi connectivity index (χ0) is 31.4. The number of fused-ring (bicyclic) bond motifs is 2. The molecule has 0 spiro atoms. The molecule has 5 rings (SSSR count). The van der Waals surface area contributed by atoms with Crippen molar-refractivity contribution in [1.82, 2.24) is 19.3 Å². The van der Waals surface area contributed by atoms with E-state index >= 15 is 0 Å². The maximum Gasteiger partial charge on any atom is 0.410 e. The number of anilines is 2. The van der Waals surface area contributed by atoms with E-state index in [4.69, 9.17) is 19.2 Å². The molecule has 0 saturated carbocycles. The van der Waals surface area contributed by atoms with Gasteiger partial charge in [0, 0.05) is 55.8 Å². The molecule has 0 aliphatic carbocycles. The number of aryl methyl sites for hydroxylation is 1. The summed E-state index contributed by atoms with van der Waals surface area (Å²) in [5.41, 5.74) is 2.77. The van der Waals surface area contributed by atoms with E-state index in [2.05, 4.69) is 22.1 Å². The number of imidazole rings is 1. The lowest BCUT2D eigenvalue weighted by atomic mass is 10.0. The van der Waals surface area contributed by atoms with E-state index in [1.807, 2.05) is 26.0 Å². The first kappa shape index (κ1) is 31.0. The maximum absolute atomic E-state index is 14.7. The summed E-state index contributed by atoms with van der Waals surface area (Å²) in [5.74, 6) is -0.636. The third kappa shape index (κ3) is 6.54. The van der Waals surface area contributed by atoms with E-state index in [0.717, 1.165) is 23.9 Å². The Balaban J connectivity index is 1.46. The number of carbonyl (C=O) groups is 2. The third-order valence-corrected chi connectivity index (χ3v) is 7.67. The van der Waals surface area contributed by atoms with Gasteiger partial charge in [-0.2, -0.15) is 0 Å². The second-order valence-electron chi connectivity index (χ2n) is 11.1. The molecule has 1 fully saturated rings. The Kier molecular flexibility index (Phi) is 9.48. The fraction of sp³-hybridized carbons (Fsp3) is 0.438. The molecule has 1 aliphatic heterocycles. The predicted octanol–water partition coefficient (Wildman–Crippen LogP) is 5.44. The number of unbranched alkanes of at least 4 members (excludes halogenated alkanes) is 1. The van der Waals surface area contributed by atoms with Gasteiger partial charge >= 0.3 is 6.09 Å². The zero-order valence-electron chi connectivity index (χ0n) is 25.8. The third-order valence-electron chi connectivity index (χ3n) is 7.67. The van der Waals surface area contributed by atoms with Crippen LogP contribution in [0.25, 0.3) is 16.6 Å². The Labute approximate surface area is 255 Å². The predicted molar refractivity (Wildman–Crippen MR) is 166 cm³/mol. The maximum atomic E-state index is 14.7. The van der Waals surface area contributed by atoms with E-state index in [9.17, 15) is 14.0 Å². The second-order valence-corrected chi connectivity index (χ2v) is 11.1. The fourth-order valence-corrected chi connectivity index (χ4v) is 5.66. The standard InChI is InChI=1S/C32H39FN6O5/c1-6-7-12-44-32(41)39-21(3)17-37(18-22(39)4)27-10-8-25(29-24(27)9-11-28(36-29)43-14-13-42-5)31(40)35-23-15-26(33)30-34-20(2)16-38(30)19-23/h8-11,15-16,19,21-22H,6-7,12-14,17-18H2,1-5H3,(H,35,40)/t21-,22+. The van der Waals surface area contributed by atoms with Crippen LogP contribution in [0.15, 0.2) is 42.7 Å². The number of methoxy groups -OCH3 is 1. The Bertz CT molecular complexity index is 1650. The van der Waals surface area contributed by atoms with E-state index in [1.165, 1.54) is 6.07 Å². The highest BCUT2D eigenvalue weighted by Crippen LogP contribution is 2.33. The van der Waals surface area contributed by atoms with Gasteiger partial charge in [-0.25, -0.2) is 19.2 Å². The van der Waals surface area contributed by atoms with Crippen LogP contribution in [-0.2, 0) is 9.47 Å². The molecule has 4 heterocycles. The molecule has 0 bridgehead atoms. The molecule has 1 aliphatic rings. The Morgan fingerprint density at radius 2 is 1.82 bits per heavy atom. The normalized spacial score (nSPS) is 16.9. The van der Waals surface area contributed by atoms with Crippen LogP contribution < -0.4 is 15.0 Å². The molecule has 1 aromatic carbocycles. The number of amides is 2. The van der Waals surface area contributed by atoms with E-state index in [0.29, 0.717) is 55.6 Å². The summed E-state index contributed by atoms with van der Waals surface area (Å²) < 4.78 is 32.7. The van der Waals surface area contributed by atoms with Gasteiger partial charge in [-0.05, 0) is 45.4 Å². The molecule has 0 unspecified atom stereocenters. The number of pyridine rings is 2. The lowest BCUT2D eigenvalue weighted by Crippen LogP contribution is -2.59. The molecule has 1 N–H and O–H groups in total. The Morgan fingerprint density at radius 3 is 2.55 bits per heavy atom. The van der Waals surface area contributed by atoms with Crippen molar-refractivity contribution in [3.8, 4) is 5.88 Å². The van der Waals surface area contributed by atoms with Gasteiger partial charge in [0.15, 0.2) is 11.5 Å². The first-order valence-electron chi connectivity index (χ1n) is 14.9. The molecular weight excluding hydrogens is 567 g/mol. The van der Waals surface area contributed by atoms with Crippen molar-refractivity contribution in [2.45, 2.75) is 52.6 Å². The van der Waals surface area contributed by atoms with Crippen LogP contribution in [0.4, 0.5) is 20.6 Å². The fourth-order valence-electron chi connectivity index (χ4n) is 5.66. The van der Waals surface area contributed by atoms with E-state index in [-0.39, 0.29) is 29.5 Å². The highest BCUT2D eigenvalue weighted by atomic mass is 19.1. The number of hydrogen-bond donors (Lipinski definition) is 1. The number of piperazine rings is 1. The molecular formula is C32H39FN6O5. The zero-order valence-corrected chi connectivity index (χ0v) is 25.8. The summed E-state index contributed by atoms with van der Waals surface area (Å²) in [4.78, 5) is 39.4. The van der Waals surface area contributed by atoms with Crippen molar-refractivity contribution in [3.63, 3.8) is 0 Å². The smallest absolute Gasteiger partial charge is 0.410 e. The van der Waals surface area contributed by atoms with Gasteiger partial charge in [-0.15, -0.1) is 0 Å². The van der Waals surface area contributed by atoms with Crippen LogP contribution in [0.1, 0.15) is 49.7 Å². The van der Waals surface area contributed by atoms with Gasteiger partial charge in [0.2, 0.25) is 5.88 Å². The average molecular weight is 607 g/mol. The van der Waals surface area contributed by atoms with Gasteiger partial charge in [0.25, 0.3) is 5.91 Å². The quantitative estimate of drug-likeness (QED) is 0.238. The summed E-state index contributed by atoms with van der Waals surface area (Å²) in [6, 6.07) is 8.30. The lowest BCUT2D eigenvalue weighted by Gasteiger charge is -2.44. The molecule has 4 aromatic rings. The van der Waals surface area contributed by atoms with Crippen molar-refractivity contribution in [2.75, 3.05) is 50.2 Å². The van der Waals surface area contributed by atoms with Gasteiger partial charge in [0.05, 0.1) is 47.8 Å². The van der Waals surface area contributed by atoms with Crippen LogP contribution in [-0.4, -0.2) is 83.4 Å². The van der Waals surface area contributed by atoms with E-state index < -0.39 is 11.7 Å². The molecule has 0 radical (unpaired) electrons. The van der Waals surface area contributed by atoms with Gasteiger partial charge in [0.1, 0.15) is 6.61 Å².